The zero-order valence-corrected chi connectivity index (χ0v) is 24.4. The second kappa shape index (κ2) is 10.1. The van der Waals surface area contributed by atoms with Crippen LogP contribution in [0.3, 0.4) is 0 Å². The predicted octanol–water partition coefficient (Wildman–Crippen LogP) is 1.56. The van der Waals surface area contributed by atoms with Crippen molar-refractivity contribution >= 4 is 17.1 Å². The summed E-state index contributed by atoms with van der Waals surface area (Å²) in [6, 6.07) is 18.7. The molecule has 0 spiro atoms. The standard InChI is InChI=1S/2C13H13.C2H7Si.2ClH.Zr/c2*1-3-7-12-10(5-1)9-11-6-2-4-8-13(11)12;1-3-2;;;/h2*1,3,5-7H,2,4,8-9H2;3H,1-2H3;2*1H;/q;;;;;+2/p-2. The third kappa shape index (κ3) is 4.02. The number of halogens is 2. The Balaban J connectivity index is 0.00000122. The smallest absolute Gasteiger partial charge is 1.00 e. The summed E-state index contributed by atoms with van der Waals surface area (Å²) in [5.74, 6) is -0.602. The van der Waals surface area contributed by atoms with E-state index in [1.807, 2.05) is 11.1 Å². The van der Waals surface area contributed by atoms with E-state index >= 15 is 0 Å². The molecule has 0 saturated heterocycles. The van der Waals surface area contributed by atoms with Gasteiger partial charge in [-0.1, -0.05) is 0 Å². The molecule has 0 radical (unpaired) electrons. The van der Waals surface area contributed by atoms with Crippen molar-refractivity contribution in [3.05, 3.63) is 81.9 Å². The second-order valence-electron chi connectivity index (χ2n) is 10.2. The average molecular weight is 560 g/mol. The molecule has 6 rings (SSSR count). The number of hydrogen-bond donors (Lipinski definition) is 0. The van der Waals surface area contributed by atoms with Crippen molar-refractivity contribution in [2.75, 3.05) is 0 Å². The SMILES string of the molecule is C[SiH](C)[Zr+2]([CH]1CCCC2=C1Cc1ccccc12)[CH]1CCCC2=C1Cc1ccccc12.[Cl-].[Cl-]. The molecule has 4 aliphatic rings. The zero-order chi connectivity index (χ0) is 20.2. The maximum absolute atomic E-state index is 2.74. The molecule has 32 heavy (non-hydrogen) atoms. The monoisotopic (exact) mass is 557 g/mol. The van der Waals surface area contributed by atoms with Crippen LogP contribution in [-0.4, -0.2) is 5.92 Å². The molecule has 2 unspecified atom stereocenters. The van der Waals surface area contributed by atoms with E-state index in [1.54, 1.807) is 33.4 Å². The van der Waals surface area contributed by atoms with Crippen LogP contribution in [0.5, 0.6) is 0 Å². The van der Waals surface area contributed by atoms with E-state index in [4.69, 9.17) is 0 Å². The maximum Gasteiger partial charge on any atom is -1.00 e. The normalized spacial score (nSPS) is 23.1. The molecular formula is C28H33Cl2SiZr. The molecule has 2 aromatic rings. The van der Waals surface area contributed by atoms with Crippen LogP contribution in [0.1, 0.15) is 60.8 Å². The first-order valence-corrected chi connectivity index (χ1v) is 22.2. The molecule has 0 saturated carbocycles. The summed E-state index contributed by atoms with van der Waals surface area (Å²) in [4.78, 5) is 0. The summed E-state index contributed by atoms with van der Waals surface area (Å²) in [6.07, 6.45) is 11.2. The molecule has 0 nitrogen and oxygen atoms in total. The Morgan fingerprint density at radius 3 is 1.56 bits per heavy atom. The van der Waals surface area contributed by atoms with Crippen molar-refractivity contribution in [2.24, 2.45) is 0 Å². The first-order chi connectivity index (χ1) is 14.7. The summed E-state index contributed by atoms with van der Waals surface area (Å²) < 4.78 is 2.08. The van der Waals surface area contributed by atoms with Crippen molar-refractivity contribution in [2.45, 2.75) is 71.7 Å². The minimum atomic E-state index is -1.60. The Morgan fingerprint density at radius 1 is 0.688 bits per heavy atom. The van der Waals surface area contributed by atoms with Crippen LogP contribution in [-0.2, 0) is 33.8 Å². The number of benzene rings is 2. The van der Waals surface area contributed by atoms with E-state index < -0.39 is 26.8 Å². The number of allylic oxidation sites excluding steroid dienone is 4. The summed E-state index contributed by atoms with van der Waals surface area (Å²) in [7, 11) is 0. The van der Waals surface area contributed by atoms with Gasteiger partial charge in [-0.15, -0.1) is 0 Å². The Kier molecular flexibility index (Phi) is 7.78. The van der Waals surface area contributed by atoms with E-state index in [-0.39, 0.29) is 24.8 Å². The minimum absolute atomic E-state index is 0. The zero-order valence-electron chi connectivity index (χ0n) is 19.3. The summed E-state index contributed by atoms with van der Waals surface area (Å²) >= 11 is -1.60. The minimum Gasteiger partial charge on any atom is -1.00 e. The van der Waals surface area contributed by atoms with Gasteiger partial charge in [0.2, 0.25) is 0 Å². The van der Waals surface area contributed by atoms with E-state index in [2.05, 4.69) is 61.6 Å². The van der Waals surface area contributed by atoms with Gasteiger partial charge in [0.25, 0.3) is 0 Å². The fourth-order valence-electron chi connectivity index (χ4n) is 7.26. The van der Waals surface area contributed by atoms with Gasteiger partial charge >= 0.3 is 192 Å². The number of rotatable bonds is 3. The Morgan fingerprint density at radius 2 is 1.12 bits per heavy atom. The van der Waals surface area contributed by atoms with E-state index in [0.717, 1.165) is 7.25 Å². The fourth-order valence-corrected chi connectivity index (χ4v) is 32.3. The summed E-state index contributed by atoms with van der Waals surface area (Å²) in [6.45, 7) is 5.48. The van der Waals surface area contributed by atoms with Gasteiger partial charge in [-0.2, -0.15) is 0 Å². The second-order valence-corrected chi connectivity index (χ2v) is 30.9. The van der Waals surface area contributed by atoms with Crippen molar-refractivity contribution < 1.29 is 45.7 Å². The molecule has 0 N–H and O–H groups in total. The van der Waals surface area contributed by atoms with E-state index in [1.165, 1.54) is 51.4 Å². The molecular weight excluding hydrogens is 527 g/mol. The van der Waals surface area contributed by atoms with E-state index in [9.17, 15) is 0 Å². The summed E-state index contributed by atoms with van der Waals surface area (Å²) in [5, 5.41) is 0. The first-order valence-electron chi connectivity index (χ1n) is 12.2. The van der Waals surface area contributed by atoms with Crippen LogP contribution in [0.2, 0.25) is 20.3 Å². The van der Waals surface area contributed by atoms with Gasteiger partial charge < -0.3 is 24.8 Å². The van der Waals surface area contributed by atoms with Gasteiger partial charge in [0.05, 0.1) is 0 Å². The predicted molar refractivity (Wildman–Crippen MR) is 128 cm³/mol. The third-order valence-corrected chi connectivity index (χ3v) is 31.4. The van der Waals surface area contributed by atoms with Crippen molar-refractivity contribution in [1.82, 2.24) is 0 Å². The van der Waals surface area contributed by atoms with Crippen LogP contribution < -0.4 is 24.8 Å². The van der Waals surface area contributed by atoms with Gasteiger partial charge in [0, 0.05) is 0 Å². The van der Waals surface area contributed by atoms with Gasteiger partial charge in [-0.3, -0.25) is 0 Å². The third-order valence-electron chi connectivity index (χ3n) is 8.37. The van der Waals surface area contributed by atoms with Gasteiger partial charge in [-0.05, 0) is 0 Å². The maximum atomic E-state index is 2.74. The molecule has 0 aromatic heterocycles. The molecule has 167 valence electrons. The Bertz CT molecular complexity index is 989. The van der Waals surface area contributed by atoms with Gasteiger partial charge in [0.15, 0.2) is 0 Å². The molecule has 0 bridgehead atoms. The topological polar surface area (TPSA) is 0 Å². The molecule has 4 heteroatoms. The van der Waals surface area contributed by atoms with Crippen LogP contribution in [0.4, 0.5) is 0 Å². The molecule has 0 heterocycles. The quantitative estimate of drug-likeness (QED) is 0.501. The van der Waals surface area contributed by atoms with Crippen LogP contribution in [0.25, 0.3) is 11.1 Å². The van der Waals surface area contributed by atoms with Gasteiger partial charge in [-0.25, -0.2) is 0 Å². The molecule has 0 aliphatic heterocycles. The fraction of sp³-hybridized carbons (Fsp3) is 0.429. The molecule has 0 fully saturated rings. The van der Waals surface area contributed by atoms with Crippen LogP contribution in [0, 0.1) is 0 Å². The largest absolute Gasteiger partial charge is 1.00 e. The van der Waals surface area contributed by atoms with Crippen LogP contribution >= 0.6 is 0 Å². The van der Waals surface area contributed by atoms with Crippen molar-refractivity contribution in [3.63, 3.8) is 0 Å². The molecule has 2 atom stereocenters. The molecule has 4 aliphatic carbocycles. The number of hydrogen-bond acceptors (Lipinski definition) is 0. The van der Waals surface area contributed by atoms with Crippen molar-refractivity contribution in [3.8, 4) is 0 Å². The molecule has 0 amide bonds. The summed E-state index contributed by atoms with van der Waals surface area (Å²) in [5.41, 5.74) is 14.0. The van der Waals surface area contributed by atoms with E-state index in [0.29, 0.717) is 0 Å². The Hall–Kier alpha value is -0.400. The molecule has 2 aromatic carbocycles. The Labute approximate surface area is 215 Å². The number of fused-ring (bicyclic) bond motifs is 4. The average Bonchev–Trinajstić information content (AvgIpc) is 3.33. The first kappa shape index (κ1) is 24.7. The van der Waals surface area contributed by atoms with Gasteiger partial charge in [0.1, 0.15) is 0 Å². The van der Waals surface area contributed by atoms with Crippen molar-refractivity contribution in [1.29, 1.82) is 0 Å². The van der Waals surface area contributed by atoms with Crippen LogP contribution in [0.15, 0.2) is 59.7 Å².